The predicted octanol–water partition coefficient (Wildman–Crippen LogP) is 4.91. The number of ether oxygens (including phenoxy) is 3. The molecule has 0 aromatic heterocycles. The van der Waals surface area contributed by atoms with E-state index in [-0.39, 0.29) is 6.61 Å². The van der Waals surface area contributed by atoms with E-state index in [9.17, 15) is 4.79 Å². The number of halogens is 1. The van der Waals surface area contributed by atoms with Crippen molar-refractivity contribution in [3.63, 3.8) is 0 Å². The van der Waals surface area contributed by atoms with Crippen molar-refractivity contribution in [1.29, 1.82) is 0 Å². The summed E-state index contributed by atoms with van der Waals surface area (Å²) in [5.74, 6) is 0.692. The zero-order valence-electron chi connectivity index (χ0n) is 15.6. The molecular formula is C21H23ClO5. The highest BCUT2D eigenvalue weighted by Gasteiger charge is 2.12. The number of para-hydroxylation sites is 1. The summed E-state index contributed by atoms with van der Waals surface area (Å²) >= 11 is 6.30. The molecular weight excluding hydrogens is 368 g/mol. The van der Waals surface area contributed by atoms with E-state index in [1.807, 2.05) is 39.0 Å². The Morgan fingerprint density at radius 1 is 1.07 bits per heavy atom. The molecule has 27 heavy (non-hydrogen) atoms. The molecule has 0 atom stereocenters. The van der Waals surface area contributed by atoms with Gasteiger partial charge in [-0.3, -0.25) is 0 Å². The van der Waals surface area contributed by atoms with Crippen LogP contribution in [0.3, 0.4) is 0 Å². The normalized spacial score (nSPS) is 10.8. The summed E-state index contributed by atoms with van der Waals surface area (Å²) in [7, 11) is 0. The molecule has 0 bridgehead atoms. The minimum Gasteiger partial charge on any atom is -0.490 e. The van der Waals surface area contributed by atoms with Crippen molar-refractivity contribution in [1.82, 2.24) is 0 Å². The Hall–Kier alpha value is -2.66. The number of carboxylic acid groups (broad SMARTS) is 1. The minimum absolute atomic E-state index is 0.290. The second kappa shape index (κ2) is 9.88. The van der Waals surface area contributed by atoms with Crippen molar-refractivity contribution in [2.75, 3.05) is 19.8 Å². The lowest BCUT2D eigenvalue weighted by molar-refractivity contribution is -0.131. The van der Waals surface area contributed by atoms with Gasteiger partial charge >= 0.3 is 5.97 Å². The zero-order valence-corrected chi connectivity index (χ0v) is 16.4. The highest BCUT2D eigenvalue weighted by molar-refractivity contribution is 6.32. The van der Waals surface area contributed by atoms with Crippen LogP contribution in [-0.2, 0) is 4.79 Å². The van der Waals surface area contributed by atoms with Gasteiger partial charge < -0.3 is 19.3 Å². The highest BCUT2D eigenvalue weighted by atomic mass is 35.5. The van der Waals surface area contributed by atoms with Gasteiger partial charge in [0.15, 0.2) is 11.5 Å². The molecule has 0 amide bonds. The van der Waals surface area contributed by atoms with E-state index < -0.39 is 5.97 Å². The third kappa shape index (κ3) is 5.93. The summed E-state index contributed by atoms with van der Waals surface area (Å²) in [4.78, 5) is 10.7. The number of aryl methyl sites for hydroxylation is 2. The standard InChI is InChI=1S/C21H23ClO5/c1-4-25-18-13-16(8-9-19(23)24)12-17(22)21(18)27-11-10-26-20-14(2)6-5-7-15(20)3/h5-9,12-13H,4,10-11H2,1-3H3,(H,23,24). The molecule has 144 valence electrons. The van der Waals surface area contributed by atoms with Crippen LogP contribution < -0.4 is 14.2 Å². The molecule has 0 saturated heterocycles. The molecule has 0 spiro atoms. The molecule has 0 saturated carbocycles. The van der Waals surface area contributed by atoms with Crippen molar-refractivity contribution in [2.45, 2.75) is 20.8 Å². The van der Waals surface area contributed by atoms with Crippen molar-refractivity contribution in [3.8, 4) is 17.2 Å². The second-order valence-electron chi connectivity index (χ2n) is 5.85. The number of hydrogen-bond acceptors (Lipinski definition) is 4. The minimum atomic E-state index is -1.03. The molecule has 5 nitrogen and oxygen atoms in total. The number of carboxylic acids is 1. The van der Waals surface area contributed by atoms with Crippen LogP contribution in [0.15, 0.2) is 36.4 Å². The summed E-state index contributed by atoms with van der Waals surface area (Å²) in [5.41, 5.74) is 2.75. The summed E-state index contributed by atoms with van der Waals surface area (Å²) in [6.45, 7) is 6.92. The number of hydrogen-bond donors (Lipinski definition) is 1. The van der Waals surface area contributed by atoms with Crippen molar-refractivity contribution in [3.05, 3.63) is 58.1 Å². The SMILES string of the molecule is CCOc1cc(C=CC(=O)O)cc(Cl)c1OCCOc1c(C)cccc1C. The van der Waals surface area contributed by atoms with E-state index in [1.54, 1.807) is 12.1 Å². The molecule has 1 N–H and O–H groups in total. The van der Waals surface area contributed by atoms with Gasteiger partial charge in [0.1, 0.15) is 19.0 Å². The molecule has 0 aliphatic heterocycles. The van der Waals surface area contributed by atoms with Crippen LogP contribution in [0.5, 0.6) is 17.2 Å². The monoisotopic (exact) mass is 390 g/mol. The van der Waals surface area contributed by atoms with Crippen molar-refractivity contribution >= 4 is 23.6 Å². The van der Waals surface area contributed by atoms with E-state index in [0.29, 0.717) is 35.3 Å². The Morgan fingerprint density at radius 2 is 1.70 bits per heavy atom. The van der Waals surface area contributed by atoms with Crippen LogP contribution in [0, 0.1) is 13.8 Å². The third-order valence-corrected chi connectivity index (χ3v) is 4.02. The number of carbonyl (C=O) groups is 1. The Balaban J connectivity index is 2.07. The van der Waals surface area contributed by atoms with Crippen LogP contribution in [-0.4, -0.2) is 30.9 Å². The van der Waals surface area contributed by atoms with Crippen LogP contribution in [0.2, 0.25) is 5.02 Å². The molecule has 2 rings (SSSR count). The van der Waals surface area contributed by atoms with E-state index in [4.69, 9.17) is 30.9 Å². The van der Waals surface area contributed by atoms with Crippen LogP contribution in [0.1, 0.15) is 23.6 Å². The molecule has 0 radical (unpaired) electrons. The molecule has 0 fully saturated rings. The lowest BCUT2D eigenvalue weighted by atomic mass is 10.1. The topological polar surface area (TPSA) is 65.0 Å². The zero-order chi connectivity index (χ0) is 19.8. The lowest BCUT2D eigenvalue weighted by Crippen LogP contribution is -2.11. The third-order valence-electron chi connectivity index (χ3n) is 3.73. The largest absolute Gasteiger partial charge is 0.490 e. The highest BCUT2D eigenvalue weighted by Crippen LogP contribution is 2.37. The molecule has 2 aromatic carbocycles. The van der Waals surface area contributed by atoms with E-state index in [0.717, 1.165) is 23.0 Å². The molecule has 2 aromatic rings. The van der Waals surface area contributed by atoms with Gasteiger partial charge in [-0.25, -0.2) is 4.79 Å². The average Bonchev–Trinajstić information content (AvgIpc) is 2.61. The van der Waals surface area contributed by atoms with E-state index >= 15 is 0 Å². The maximum atomic E-state index is 10.7. The molecule has 0 aliphatic rings. The smallest absolute Gasteiger partial charge is 0.328 e. The first kappa shape index (κ1) is 20.6. The first-order valence-electron chi connectivity index (χ1n) is 8.61. The number of rotatable bonds is 9. The van der Waals surface area contributed by atoms with Gasteiger partial charge in [0, 0.05) is 6.08 Å². The van der Waals surface area contributed by atoms with Gasteiger partial charge in [-0.2, -0.15) is 0 Å². The fraction of sp³-hybridized carbons (Fsp3) is 0.286. The van der Waals surface area contributed by atoms with Gasteiger partial charge in [-0.15, -0.1) is 0 Å². The molecule has 0 heterocycles. The van der Waals surface area contributed by atoms with Crippen molar-refractivity contribution < 1.29 is 24.1 Å². The van der Waals surface area contributed by atoms with Gasteiger partial charge in [-0.05, 0) is 55.7 Å². The van der Waals surface area contributed by atoms with E-state index in [2.05, 4.69) is 0 Å². The quantitative estimate of drug-likeness (QED) is 0.486. The Kier molecular flexibility index (Phi) is 7.55. The maximum absolute atomic E-state index is 10.7. The van der Waals surface area contributed by atoms with Crippen LogP contribution in [0.25, 0.3) is 6.08 Å². The molecule has 0 unspecified atom stereocenters. The fourth-order valence-corrected chi connectivity index (χ4v) is 2.84. The van der Waals surface area contributed by atoms with Gasteiger partial charge in [0.05, 0.1) is 11.6 Å². The average molecular weight is 391 g/mol. The van der Waals surface area contributed by atoms with Gasteiger partial charge in [-0.1, -0.05) is 29.8 Å². The Labute approximate surface area is 164 Å². The summed E-state index contributed by atoms with van der Waals surface area (Å²) in [6.07, 6.45) is 2.49. The predicted molar refractivity (Wildman–Crippen MR) is 106 cm³/mol. The summed E-state index contributed by atoms with van der Waals surface area (Å²) in [5, 5.41) is 9.10. The second-order valence-corrected chi connectivity index (χ2v) is 6.26. The first-order valence-corrected chi connectivity index (χ1v) is 8.99. The van der Waals surface area contributed by atoms with Gasteiger partial charge in [0.2, 0.25) is 0 Å². The molecule has 0 aliphatic carbocycles. The molecule has 6 heteroatoms. The first-order chi connectivity index (χ1) is 12.9. The van der Waals surface area contributed by atoms with Crippen molar-refractivity contribution in [2.24, 2.45) is 0 Å². The van der Waals surface area contributed by atoms with Crippen LogP contribution in [0.4, 0.5) is 0 Å². The van der Waals surface area contributed by atoms with E-state index in [1.165, 1.54) is 6.08 Å². The van der Waals surface area contributed by atoms with Crippen LogP contribution >= 0.6 is 11.6 Å². The summed E-state index contributed by atoms with van der Waals surface area (Å²) < 4.78 is 17.2. The Morgan fingerprint density at radius 3 is 2.30 bits per heavy atom. The maximum Gasteiger partial charge on any atom is 0.328 e. The lowest BCUT2D eigenvalue weighted by Gasteiger charge is -2.16. The number of aliphatic carboxylic acids is 1. The summed E-state index contributed by atoms with van der Waals surface area (Å²) in [6, 6.07) is 9.30. The fourth-order valence-electron chi connectivity index (χ4n) is 2.57. The van der Waals surface area contributed by atoms with Gasteiger partial charge in [0.25, 0.3) is 0 Å². The number of benzene rings is 2. The Bertz CT molecular complexity index is 809.